The van der Waals surface area contributed by atoms with E-state index in [9.17, 15) is 14.4 Å². The van der Waals surface area contributed by atoms with Crippen molar-refractivity contribution in [1.82, 2.24) is 0 Å². The van der Waals surface area contributed by atoms with Gasteiger partial charge in [-0.2, -0.15) is 0 Å². The van der Waals surface area contributed by atoms with Crippen LogP contribution >= 0.6 is 0 Å². The van der Waals surface area contributed by atoms with Crippen molar-refractivity contribution in [3.05, 3.63) is 0 Å². The summed E-state index contributed by atoms with van der Waals surface area (Å²) >= 11 is 0. The predicted octanol–water partition coefficient (Wildman–Crippen LogP) is 18.9. The number of rotatable bonds is 45. The van der Waals surface area contributed by atoms with Crippen LogP contribution in [0, 0.1) is 17.8 Å². The van der Waals surface area contributed by atoms with Gasteiger partial charge in [-0.25, -0.2) is 0 Å². The molecule has 0 heterocycles. The quantitative estimate of drug-likeness (QED) is 0.0353. The Kier molecular flexibility index (Phi) is 70.9. The Labute approximate surface area is 421 Å². The second-order valence-electron chi connectivity index (χ2n) is 20.8. The van der Waals surface area contributed by atoms with Crippen LogP contribution in [0.15, 0.2) is 0 Å². The molecule has 65 heavy (non-hydrogen) atoms. The second-order valence-corrected chi connectivity index (χ2v) is 20.8. The molecule has 0 aromatic heterocycles. The van der Waals surface area contributed by atoms with Crippen LogP contribution in [-0.2, 0) is 36.1 Å². The Morgan fingerprint density at radius 2 is 0.369 bits per heavy atom. The normalized spacial score (nSPS) is 10.8. The third-order valence-corrected chi connectivity index (χ3v) is 11.8. The van der Waals surface area contributed by atoms with E-state index in [-0.39, 0.29) is 27.8 Å². The fourth-order valence-corrected chi connectivity index (χ4v) is 7.79. The van der Waals surface area contributed by atoms with Gasteiger partial charge >= 0.3 is 17.9 Å². The Hall–Kier alpha value is -0.916. The summed E-state index contributed by atoms with van der Waals surface area (Å²) in [5, 5.41) is 33.6. The number of hydrogen-bond donors (Lipinski definition) is 4. The Bertz CT molecular complexity index is 796. The molecule has 0 bridgehead atoms. The van der Waals surface area contributed by atoms with Crippen LogP contribution in [0.2, 0.25) is 0 Å². The topological polar surface area (TPSA) is 132 Å². The molecular formula is C57H116O7Ti. The standard InChI is InChI=1S/3C18H36O2.C3H8O.Ti/c3*1-17(2)15-13-11-9-7-5-3-4-6-8-10-12-14-16-18(19)20;1-3(2)4;/h3*17H,3-16H2,1-2H3,(H,19,20);3-4H,1-2H3;. The molecule has 0 saturated carbocycles. The second kappa shape index (κ2) is 63.1. The van der Waals surface area contributed by atoms with Crippen molar-refractivity contribution in [1.29, 1.82) is 0 Å². The van der Waals surface area contributed by atoms with Crippen LogP contribution in [0.25, 0.3) is 0 Å². The molecule has 0 aliphatic heterocycles. The molecule has 0 unspecified atom stereocenters. The molecule has 4 N–H and O–H groups in total. The van der Waals surface area contributed by atoms with Crippen molar-refractivity contribution < 1.29 is 56.5 Å². The average molecular weight is 961 g/mol. The van der Waals surface area contributed by atoms with E-state index in [2.05, 4.69) is 41.5 Å². The minimum absolute atomic E-state index is 0. The number of unbranched alkanes of at least 4 members (excludes halogenated alkanes) is 33. The Morgan fingerprint density at radius 3 is 0.477 bits per heavy atom. The molecule has 0 aliphatic carbocycles. The zero-order valence-corrected chi connectivity index (χ0v) is 46.6. The zero-order chi connectivity index (χ0) is 48.7. The molecule has 0 amide bonds. The summed E-state index contributed by atoms with van der Waals surface area (Å²) in [5.74, 6) is 0.636. The Balaban J connectivity index is -0.000000263. The van der Waals surface area contributed by atoms with Crippen LogP contribution < -0.4 is 0 Å². The van der Waals surface area contributed by atoms with E-state index in [0.29, 0.717) is 19.3 Å². The SMILES string of the molecule is CC(C)CCCCCCCCCCCCCCC(=O)O.CC(C)CCCCCCCCCCCCCCC(=O)O.CC(C)CCCCCCCCCCCCCCC(=O)O.CC(C)O.[Ti]. The van der Waals surface area contributed by atoms with Crippen LogP contribution in [-0.4, -0.2) is 44.4 Å². The summed E-state index contributed by atoms with van der Waals surface area (Å²) in [6.45, 7) is 17.3. The van der Waals surface area contributed by atoms with Gasteiger partial charge in [-0.3, -0.25) is 14.4 Å². The molecule has 0 rings (SSSR count). The first-order valence-electron chi connectivity index (χ1n) is 27.9. The van der Waals surface area contributed by atoms with Crippen LogP contribution in [0.5, 0.6) is 0 Å². The van der Waals surface area contributed by atoms with Crippen LogP contribution in [0.1, 0.15) is 325 Å². The summed E-state index contributed by atoms with van der Waals surface area (Å²) in [6.07, 6.45) is 51.8. The maximum Gasteiger partial charge on any atom is 0.303 e. The van der Waals surface area contributed by atoms with Crippen LogP contribution in [0.3, 0.4) is 0 Å². The first-order valence-corrected chi connectivity index (χ1v) is 27.9. The van der Waals surface area contributed by atoms with Gasteiger partial charge in [0.05, 0.1) is 0 Å². The molecule has 8 heteroatoms. The zero-order valence-electron chi connectivity index (χ0n) is 45.0. The van der Waals surface area contributed by atoms with Gasteiger partial charge < -0.3 is 20.4 Å². The van der Waals surface area contributed by atoms with Gasteiger partial charge in [0.25, 0.3) is 0 Å². The number of carboxylic acid groups (broad SMARTS) is 3. The predicted molar refractivity (Wildman–Crippen MR) is 279 cm³/mol. The third kappa shape index (κ3) is 93.8. The maximum absolute atomic E-state index is 10.3. The minimum Gasteiger partial charge on any atom is -0.481 e. The van der Waals surface area contributed by atoms with Crippen molar-refractivity contribution in [3.8, 4) is 0 Å². The first kappa shape index (κ1) is 73.1. The summed E-state index contributed by atoms with van der Waals surface area (Å²) in [4.78, 5) is 31.0. The molecule has 0 aromatic rings. The number of carbonyl (C=O) groups is 3. The van der Waals surface area contributed by atoms with E-state index in [1.165, 1.54) is 212 Å². The molecule has 7 nitrogen and oxygen atoms in total. The van der Waals surface area contributed by atoms with Crippen molar-refractivity contribution in [2.45, 2.75) is 331 Å². The molecule has 0 saturated heterocycles. The molecule has 0 aromatic carbocycles. The Morgan fingerprint density at radius 1 is 0.262 bits per heavy atom. The maximum atomic E-state index is 10.3. The monoisotopic (exact) mass is 961 g/mol. The van der Waals surface area contributed by atoms with E-state index in [0.717, 1.165) is 56.3 Å². The smallest absolute Gasteiger partial charge is 0.303 e. The third-order valence-electron chi connectivity index (χ3n) is 11.8. The van der Waals surface area contributed by atoms with Crippen molar-refractivity contribution in [3.63, 3.8) is 0 Å². The van der Waals surface area contributed by atoms with Gasteiger partial charge in [-0.1, -0.05) is 273 Å². The molecule has 0 atom stereocenters. The van der Waals surface area contributed by atoms with Crippen LogP contribution in [0.4, 0.5) is 0 Å². The fraction of sp³-hybridized carbons (Fsp3) is 0.947. The van der Waals surface area contributed by atoms with Crippen molar-refractivity contribution in [2.24, 2.45) is 17.8 Å². The minimum atomic E-state index is -0.654. The van der Waals surface area contributed by atoms with Crippen molar-refractivity contribution in [2.75, 3.05) is 0 Å². The van der Waals surface area contributed by atoms with E-state index in [1.54, 1.807) is 13.8 Å². The molecule has 0 radical (unpaired) electrons. The number of hydrogen-bond acceptors (Lipinski definition) is 4. The van der Waals surface area contributed by atoms with Gasteiger partial charge in [-0.05, 0) is 50.9 Å². The average Bonchev–Trinajstić information content (AvgIpc) is 3.21. The number of carboxylic acids is 3. The largest absolute Gasteiger partial charge is 0.481 e. The van der Waals surface area contributed by atoms with Gasteiger partial charge in [0.15, 0.2) is 0 Å². The molecule has 0 fully saturated rings. The van der Waals surface area contributed by atoms with Gasteiger partial charge in [0, 0.05) is 47.1 Å². The van der Waals surface area contributed by atoms with Crippen molar-refractivity contribution >= 4 is 17.9 Å². The number of aliphatic hydroxyl groups is 1. The van der Waals surface area contributed by atoms with Gasteiger partial charge in [0.1, 0.15) is 0 Å². The summed E-state index contributed by atoms with van der Waals surface area (Å²) in [7, 11) is 0. The molecule has 390 valence electrons. The summed E-state index contributed by atoms with van der Waals surface area (Å²) in [6, 6.07) is 0. The summed E-state index contributed by atoms with van der Waals surface area (Å²) < 4.78 is 0. The number of aliphatic hydroxyl groups excluding tert-OH is 1. The summed E-state index contributed by atoms with van der Waals surface area (Å²) in [5.41, 5.74) is 0. The van der Waals surface area contributed by atoms with E-state index in [1.807, 2.05) is 0 Å². The number of aliphatic carboxylic acids is 3. The molecular weight excluding hydrogens is 844 g/mol. The van der Waals surface area contributed by atoms with E-state index < -0.39 is 17.9 Å². The van der Waals surface area contributed by atoms with Gasteiger partial charge in [-0.15, -0.1) is 0 Å². The van der Waals surface area contributed by atoms with E-state index in [4.69, 9.17) is 20.4 Å². The first-order chi connectivity index (χ1) is 30.6. The molecule has 0 aliphatic rings. The fourth-order valence-electron chi connectivity index (χ4n) is 7.79. The van der Waals surface area contributed by atoms with Gasteiger partial charge in [0.2, 0.25) is 0 Å². The molecule has 0 spiro atoms. The van der Waals surface area contributed by atoms with E-state index >= 15 is 0 Å².